The maximum atomic E-state index is 12.2. The molecule has 2 heterocycles. The molecule has 0 radical (unpaired) electrons. The first-order chi connectivity index (χ1) is 9.50. The lowest BCUT2D eigenvalue weighted by atomic mass is 10.1. The predicted octanol–water partition coefficient (Wildman–Crippen LogP) is 1.22. The first-order valence-corrected chi connectivity index (χ1v) is 6.27. The molecule has 1 aromatic carbocycles. The van der Waals surface area contributed by atoms with Gasteiger partial charge in [-0.3, -0.25) is 14.4 Å². The number of rotatable bonds is 1. The molecule has 2 aliphatic rings. The fourth-order valence-corrected chi connectivity index (χ4v) is 2.24. The third-order valence-corrected chi connectivity index (χ3v) is 3.27. The van der Waals surface area contributed by atoms with Crippen LogP contribution in [0, 0.1) is 5.92 Å². The van der Waals surface area contributed by atoms with E-state index in [9.17, 15) is 14.4 Å². The number of amidine groups is 1. The van der Waals surface area contributed by atoms with Crippen LogP contribution in [0.2, 0.25) is 0 Å². The molecule has 0 unspecified atom stereocenters. The van der Waals surface area contributed by atoms with Crippen molar-refractivity contribution in [1.82, 2.24) is 4.90 Å². The molecule has 20 heavy (non-hydrogen) atoms. The van der Waals surface area contributed by atoms with E-state index in [-0.39, 0.29) is 11.9 Å². The summed E-state index contributed by atoms with van der Waals surface area (Å²) in [6.07, 6.45) is -0.741. The molecular formula is C14H12N2O4. The number of amides is 3. The topological polar surface area (TPSA) is 76.0 Å². The highest BCUT2D eigenvalue weighted by molar-refractivity contribution is 6.29. The summed E-state index contributed by atoms with van der Waals surface area (Å²) in [6, 6.07) is 6.25. The Labute approximate surface area is 115 Å². The smallest absolute Gasteiger partial charge is 0.310 e. The average molecular weight is 272 g/mol. The number of fused-ring (bicyclic) bond motifs is 1. The number of hydrogen-bond donors (Lipinski definition) is 0. The van der Waals surface area contributed by atoms with E-state index in [4.69, 9.17) is 4.74 Å². The first kappa shape index (κ1) is 12.5. The van der Waals surface area contributed by atoms with Crippen LogP contribution in [0.25, 0.3) is 0 Å². The Morgan fingerprint density at radius 1 is 1.10 bits per heavy atom. The molecule has 0 fully saturated rings. The van der Waals surface area contributed by atoms with Crippen molar-refractivity contribution in [3.05, 3.63) is 35.4 Å². The van der Waals surface area contributed by atoms with Crippen molar-refractivity contribution in [2.75, 3.05) is 0 Å². The van der Waals surface area contributed by atoms with Crippen LogP contribution in [0.4, 0.5) is 0 Å². The molecule has 1 atom stereocenters. The molecule has 102 valence electrons. The Hall–Kier alpha value is -2.50. The van der Waals surface area contributed by atoms with E-state index in [1.54, 1.807) is 24.3 Å². The van der Waals surface area contributed by atoms with E-state index in [1.807, 2.05) is 13.8 Å². The Morgan fingerprint density at radius 2 is 1.65 bits per heavy atom. The lowest BCUT2D eigenvalue weighted by molar-refractivity contribution is -0.124. The van der Waals surface area contributed by atoms with Crippen molar-refractivity contribution in [2.45, 2.75) is 20.0 Å². The highest BCUT2D eigenvalue weighted by Crippen LogP contribution is 2.26. The second-order valence-electron chi connectivity index (χ2n) is 5.01. The lowest BCUT2D eigenvalue weighted by Gasteiger charge is -2.16. The molecule has 0 spiro atoms. The molecule has 0 aromatic heterocycles. The Balaban J connectivity index is 1.95. The van der Waals surface area contributed by atoms with Gasteiger partial charge in [0.2, 0.25) is 0 Å². The zero-order valence-corrected chi connectivity index (χ0v) is 11.0. The minimum Gasteiger partial charge on any atom is -0.450 e. The molecule has 6 nitrogen and oxygen atoms in total. The molecule has 1 aromatic rings. The molecule has 0 saturated carbocycles. The summed E-state index contributed by atoms with van der Waals surface area (Å²) in [7, 11) is 0. The second kappa shape index (κ2) is 4.26. The molecule has 0 N–H and O–H groups in total. The number of hydrogen-bond acceptors (Lipinski definition) is 4. The maximum absolute atomic E-state index is 12.2. The van der Waals surface area contributed by atoms with Crippen LogP contribution in [0.3, 0.4) is 0 Å². The van der Waals surface area contributed by atoms with E-state index in [0.29, 0.717) is 11.1 Å². The Kier molecular flexibility index (Phi) is 2.67. The van der Waals surface area contributed by atoms with Gasteiger partial charge in [0, 0.05) is 0 Å². The lowest BCUT2D eigenvalue weighted by Crippen LogP contribution is -2.38. The van der Waals surface area contributed by atoms with Gasteiger partial charge in [-0.2, -0.15) is 9.89 Å². The monoisotopic (exact) mass is 272 g/mol. The second-order valence-corrected chi connectivity index (χ2v) is 5.01. The van der Waals surface area contributed by atoms with Gasteiger partial charge < -0.3 is 4.74 Å². The predicted molar refractivity (Wildman–Crippen MR) is 69.1 cm³/mol. The van der Waals surface area contributed by atoms with E-state index < -0.39 is 23.8 Å². The Bertz CT molecular complexity index is 628. The number of carbonyl (C=O) groups excluding carboxylic acids is 3. The van der Waals surface area contributed by atoms with Crippen LogP contribution in [0.15, 0.2) is 29.3 Å². The number of ether oxygens (including phenoxy) is 1. The molecule has 0 saturated heterocycles. The summed E-state index contributed by atoms with van der Waals surface area (Å²) < 4.78 is 5.38. The molecule has 0 aliphatic carbocycles. The number of nitrogens with zero attached hydrogens (tertiary/aromatic N) is 2. The number of imide groups is 1. The third kappa shape index (κ3) is 1.65. The molecule has 3 rings (SSSR count). The number of benzene rings is 1. The van der Waals surface area contributed by atoms with Gasteiger partial charge in [0.1, 0.15) is 0 Å². The van der Waals surface area contributed by atoms with E-state index in [1.165, 1.54) is 0 Å². The van der Waals surface area contributed by atoms with E-state index >= 15 is 0 Å². The minimum absolute atomic E-state index is 0.0843. The number of aliphatic imine (C=N–C) groups is 1. The molecule has 3 amide bonds. The molecular weight excluding hydrogens is 260 g/mol. The molecule has 2 aliphatic heterocycles. The maximum Gasteiger partial charge on any atom is 0.310 e. The summed E-state index contributed by atoms with van der Waals surface area (Å²) in [4.78, 5) is 40.6. The van der Waals surface area contributed by atoms with Crippen LogP contribution < -0.4 is 0 Å². The Morgan fingerprint density at radius 3 is 2.10 bits per heavy atom. The van der Waals surface area contributed by atoms with Crippen molar-refractivity contribution in [1.29, 1.82) is 0 Å². The van der Waals surface area contributed by atoms with Gasteiger partial charge in [-0.05, 0) is 18.1 Å². The van der Waals surface area contributed by atoms with Gasteiger partial charge in [-0.25, -0.2) is 0 Å². The molecule has 6 heteroatoms. The van der Waals surface area contributed by atoms with Crippen molar-refractivity contribution < 1.29 is 19.1 Å². The zero-order chi connectivity index (χ0) is 14.4. The van der Waals surface area contributed by atoms with Crippen LogP contribution in [-0.4, -0.2) is 34.7 Å². The third-order valence-electron chi connectivity index (χ3n) is 3.27. The van der Waals surface area contributed by atoms with Gasteiger partial charge in [-0.15, -0.1) is 0 Å². The summed E-state index contributed by atoms with van der Waals surface area (Å²) in [5, 5.41) is 0. The quantitative estimate of drug-likeness (QED) is 0.720. The van der Waals surface area contributed by atoms with E-state index in [2.05, 4.69) is 4.99 Å². The minimum atomic E-state index is -0.741. The van der Waals surface area contributed by atoms with Crippen LogP contribution in [-0.2, 0) is 9.53 Å². The van der Waals surface area contributed by atoms with Gasteiger partial charge in [0.15, 0.2) is 6.10 Å². The summed E-state index contributed by atoms with van der Waals surface area (Å²) in [6.45, 7) is 3.62. The normalized spacial score (nSPS) is 21.4. The zero-order valence-electron chi connectivity index (χ0n) is 11.0. The van der Waals surface area contributed by atoms with Crippen molar-refractivity contribution in [3.63, 3.8) is 0 Å². The fraction of sp³-hybridized carbons (Fsp3) is 0.286. The number of carbonyl (C=O) groups is 3. The van der Waals surface area contributed by atoms with Crippen LogP contribution in [0.5, 0.6) is 0 Å². The van der Waals surface area contributed by atoms with E-state index in [0.717, 1.165) is 4.90 Å². The van der Waals surface area contributed by atoms with Crippen LogP contribution in [0.1, 0.15) is 34.6 Å². The highest BCUT2D eigenvalue weighted by Gasteiger charge is 2.44. The van der Waals surface area contributed by atoms with Crippen LogP contribution >= 0.6 is 0 Å². The van der Waals surface area contributed by atoms with Crippen molar-refractivity contribution in [3.8, 4) is 0 Å². The SMILES string of the molecule is CC(C)[C@@H]1OC(N2C(=O)c3ccccc3C2=O)=NC1=O. The summed E-state index contributed by atoms with van der Waals surface area (Å²) in [5.74, 6) is -1.58. The first-order valence-electron chi connectivity index (χ1n) is 6.27. The molecule has 0 bridgehead atoms. The van der Waals surface area contributed by atoms with Crippen molar-refractivity contribution >= 4 is 23.7 Å². The average Bonchev–Trinajstić information content (AvgIpc) is 2.90. The summed E-state index contributed by atoms with van der Waals surface area (Å²) in [5.41, 5.74) is 0.591. The van der Waals surface area contributed by atoms with Gasteiger partial charge >= 0.3 is 6.02 Å². The van der Waals surface area contributed by atoms with Gasteiger partial charge in [-0.1, -0.05) is 26.0 Å². The fourth-order valence-electron chi connectivity index (χ4n) is 2.24. The standard InChI is InChI=1S/C14H12N2O4/c1-7(2)10-11(17)15-14(20-10)16-12(18)8-5-3-4-6-9(8)13(16)19/h3-7,10H,1-2H3/t10-/m0/s1. The van der Waals surface area contributed by atoms with Gasteiger partial charge in [0.05, 0.1) is 11.1 Å². The highest BCUT2D eigenvalue weighted by atomic mass is 16.5. The summed E-state index contributed by atoms with van der Waals surface area (Å²) >= 11 is 0. The largest absolute Gasteiger partial charge is 0.450 e. The van der Waals surface area contributed by atoms with Crippen molar-refractivity contribution in [2.24, 2.45) is 10.9 Å². The van der Waals surface area contributed by atoms with Gasteiger partial charge in [0.25, 0.3) is 17.7 Å².